The van der Waals surface area contributed by atoms with E-state index >= 15 is 0 Å². The first-order chi connectivity index (χ1) is 14.0. The van der Waals surface area contributed by atoms with E-state index in [2.05, 4.69) is 16.1 Å². The van der Waals surface area contributed by atoms with Crippen molar-refractivity contribution in [1.82, 2.24) is 19.2 Å². The van der Waals surface area contributed by atoms with Crippen molar-refractivity contribution in [2.75, 3.05) is 31.1 Å². The van der Waals surface area contributed by atoms with E-state index in [-0.39, 0.29) is 18.0 Å². The van der Waals surface area contributed by atoms with Crippen LogP contribution in [0.2, 0.25) is 0 Å². The van der Waals surface area contributed by atoms with Crippen LogP contribution in [-0.2, 0) is 18.4 Å². The van der Waals surface area contributed by atoms with E-state index < -0.39 is 0 Å². The molecule has 3 heterocycles. The summed E-state index contributed by atoms with van der Waals surface area (Å²) in [6.45, 7) is 4.55. The predicted molar refractivity (Wildman–Crippen MR) is 110 cm³/mol. The fourth-order valence-corrected chi connectivity index (χ4v) is 3.86. The van der Waals surface area contributed by atoms with Crippen LogP contribution in [-0.4, -0.2) is 51.3 Å². The van der Waals surface area contributed by atoms with Crippen LogP contribution in [0.25, 0.3) is 10.9 Å². The first-order valence-corrected chi connectivity index (χ1v) is 9.53. The first-order valence-electron chi connectivity index (χ1n) is 9.53. The van der Waals surface area contributed by atoms with Crippen molar-refractivity contribution in [3.8, 4) is 6.07 Å². The minimum atomic E-state index is -0.149. The van der Waals surface area contributed by atoms with E-state index in [1.807, 2.05) is 40.7 Å². The van der Waals surface area contributed by atoms with Gasteiger partial charge in [0, 0.05) is 50.4 Å². The highest BCUT2D eigenvalue weighted by atomic mass is 16.2. The highest BCUT2D eigenvalue weighted by Crippen LogP contribution is 2.25. The summed E-state index contributed by atoms with van der Waals surface area (Å²) in [6.07, 6.45) is 1.68. The molecule has 0 radical (unpaired) electrons. The second-order valence-electron chi connectivity index (χ2n) is 7.22. The Morgan fingerprint density at radius 1 is 1.21 bits per heavy atom. The van der Waals surface area contributed by atoms with Crippen molar-refractivity contribution in [2.45, 2.75) is 13.5 Å². The minimum Gasteiger partial charge on any atom is -0.367 e. The highest BCUT2D eigenvalue weighted by Gasteiger charge is 2.23. The number of aryl methyl sites for hydroxylation is 1. The normalized spacial score (nSPS) is 14.2. The van der Waals surface area contributed by atoms with Crippen LogP contribution in [0.5, 0.6) is 0 Å². The average molecular weight is 390 g/mol. The standard InChI is InChI=1S/C21H22N6O2/c1-15-18(12-22)17-5-3-4-6-19(17)27(15)14-21(29)26-9-7-25(8-10-26)16-11-20(28)24(2)23-13-16/h3-6,11,13H,7-10,14H2,1-2H3. The number of carbonyl (C=O) groups excluding carboxylic acids is 1. The molecule has 0 unspecified atom stereocenters. The van der Waals surface area contributed by atoms with Gasteiger partial charge in [-0.15, -0.1) is 0 Å². The van der Waals surface area contributed by atoms with Gasteiger partial charge in [-0.05, 0) is 13.0 Å². The fraction of sp³-hybridized carbons (Fsp3) is 0.333. The van der Waals surface area contributed by atoms with Crippen LogP contribution in [0.4, 0.5) is 5.69 Å². The SMILES string of the molecule is Cc1c(C#N)c2ccccc2n1CC(=O)N1CCN(c2cnn(C)c(=O)c2)CC1. The van der Waals surface area contributed by atoms with Gasteiger partial charge in [0.2, 0.25) is 5.91 Å². The molecule has 0 N–H and O–H groups in total. The van der Waals surface area contributed by atoms with Crippen molar-refractivity contribution in [3.05, 3.63) is 58.1 Å². The Morgan fingerprint density at radius 2 is 1.93 bits per heavy atom. The largest absolute Gasteiger partial charge is 0.367 e. The zero-order valence-corrected chi connectivity index (χ0v) is 16.5. The quantitative estimate of drug-likeness (QED) is 0.672. The molecule has 148 valence electrons. The van der Waals surface area contributed by atoms with Gasteiger partial charge in [-0.3, -0.25) is 9.59 Å². The lowest BCUT2D eigenvalue weighted by Gasteiger charge is -2.36. The molecule has 4 rings (SSSR count). The Balaban J connectivity index is 1.48. The van der Waals surface area contributed by atoms with E-state index in [9.17, 15) is 14.9 Å². The van der Waals surface area contributed by atoms with Crippen LogP contribution >= 0.6 is 0 Å². The number of hydrogen-bond donors (Lipinski definition) is 0. The molecule has 0 bridgehead atoms. The third-order valence-corrected chi connectivity index (χ3v) is 5.59. The van der Waals surface area contributed by atoms with Crippen molar-refractivity contribution in [2.24, 2.45) is 7.05 Å². The molecule has 1 aromatic carbocycles. The van der Waals surface area contributed by atoms with E-state index in [1.54, 1.807) is 19.3 Å². The van der Waals surface area contributed by atoms with Gasteiger partial charge >= 0.3 is 0 Å². The molecular formula is C21H22N6O2. The fourth-order valence-electron chi connectivity index (χ4n) is 3.86. The van der Waals surface area contributed by atoms with Crippen molar-refractivity contribution in [3.63, 3.8) is 0 Å². The lowest BCUT2D eigenvalue weighted by molar-refractivity contribution is -0.132. The number of para-hydroxylation sites is 1. The summed E-state index contributed by atoms with van der Waals surface area (Å²) in [5.74, 6) is 0.0279. The van der Waals surface area contributed by atoms with Gasteiger partial charge in [-0.2, -0.15) is 10.4 Å². The zero-order chi connectivity index (χ0) is 20.5. The molecule has 2 aromatic heterocycles. The summed E-state index contributed by atoms with van der Waals surface area (Å²) in [7, 11) is 1.62. The van der Waals surface area contributed by atoms with Crippen molar-refractivity contribution >= 4 is 22.5 Å². The molecule has 0 atom stereocenters. The summed E-state index contributed by atoms with van der Waals surface area (Å²) < 4.78 is 3.22. The molecule has 0 saturated carbocycles. The molecule has 0 spiro atoms. The monoisotopic (exact) mass is 390 g/mol. The molecule has 3 aromatic rings. The van der Waals surface area contributed by atoms with E-state index in [4.69, 9.17) is 0 Å². The number of fused-ring (bicyclic) bond motifs is 1. The summed E-state index contributed by atoms with van der Waals surface area (Å²) in [6, 6.07) is 11.5. The van der Waals surface area contributed by atoms with Crippen molar-refractivity contribution in [1.29, 1.82) is 5.26 Å². The number of amides is 1. The van der Waals surface area contributed by atoms with Crippen molar-refractivity contribution < 1.29 is 4.79 Å². The third-order valence-electron chi connectivity index (χ3n) is 5.59. The van der Waals surface area contributed by atoms with Crippen LogP contribution in [0.3, 0.4) is 0 Å². The topological polar surface area (TPSA) is 87.2 Å². The summed E-state index contributed by atoms with van der Waals surface area (Å²) in [5, 5.41) is 14.4. The minimum absolute atomic E-state index is 0.0279. The molecule has 1 amide bonds. The molecule has 29 heavy (non-hydrogen) atoms. The maximum absolute atomic E-state index is 12.9. The number of piperazine rings is 1. The molecule has 1 aliphatic rings. The highest BCUT2D eigenvalue weighted by molar-refractivity contribution is 5.89. The van der Waals surface area contributed by atoms with Crippen LogP contribution in [0.15, 0.2) is 41.3 Å². The number of aromatic nitrogens is 3. The lowest BCUT2D eigenvalue weighted by Crippen LogP contribution is -2.50. The van der Waals surface area contributed by atoms with E-state index in [0.717, 1.165) is 22.3 Å². The third kappa shape index (κ3) is 3.36. The van der Waals surface area contributed by atoms with Crippen LogP contribution in [0, 0.1) is 18.3 Å². The number of rotatable bonds is 3. The van der Waals surface area contributed by atoms with Gasteiger partial charge in [0.05, 0.1) is 23.0 Å². The Kier molecular flexibility index (Phi) is 4.80. The predicted octanol–water partition coefficient (Wildman–Crippen LogP) is 1.26. The number of nitriles is 1. The molecule has 1 saturated heterocycles. The molecule has 8 heteroatoms. The second-order valence-corrected chi connectivity index (χ2v) is 7.22. The number of nitrogens with zero attached hydrogens (tertiary/aromatic N) is 6. The van der Waals surface area contributed by atoms with Gasteiger partial charge in [0.25, 0.3) is 5.56 Å². The molecule has 1 aliphatic heterocycles. The molecule has 0 aliphatic carbocycles. The number of carbonyl (C=O) groups is 1. The number of benzene rings is 1. The van der Waals surface area contributed by atoms with Crippen LogP contribution < -0.4 is 10.5 Å². The molecule has 8 nitrogen and oxygen atoms in total. The lowest BCUT2D eigenvalue weighted by atomic mass is 10.1. The Morgan fingerprint density at radius 3 is 2.62 bits per heavy atom. The zero-order valence-electron chi connectivity index (χ0n) is 16.5. The average Bonchev–Trinajstić information content (AvgIpc) is 3.01. The second kappa shape index (κ2) is 7.43. The summed E-state index contributed by atoms with van der Waals surface area (Å²) in [5.41, 5.74) is 2.97. The van der Waals surface area contributed by atoms with Crippen LogP contribution in [0.1, 0.15) is 11.3 Å². The van der Waals surface area contributed by atoms with Gasteiger partial charge in [-0.25, -0.2) is 4.68 Å². The van der Waals surface area contributed by atoms with Gasteiger partial charge in [0.1, 0.15) is 12.6 Å². The Bertz CT molecular complexity index is 1180. The maximum atomic E-state index is 12.9. The van der Waals surface area contributed by atoms with Gasteiger partial charge in [-0.1, -0.05) is 18.2 Å². The maximum Gasteiger partial charge on any atom is 0.268 e. The first kappa shape index (κ1) is 18.7. The summed E-state index contributed by atoms with van der Waals surface area (Å²) >= 11 is 0. The van der Waals surface area contributed by atoms with Gasteiger partial charge < -0.3 is 14.4 Å². The Labute approximate surface area is 168 Å². The van der Waals surface area contributed by atoms with Gasteiger partial charge in [0.15, 0.2) is 0 Å². The van der Waals surface area contributed by atoms with E-state index in [0.29, 0.717) is 31.7 Å². The molecule has 1 fully saturated rings. The smallest absolute Gasteiger partial charge is 0.268 e. The Hall–Kier alpha value is -3.60. The molecular weight excluding hydrogens is 368 g/mol. The number of anilines is 1. The summed E-state index contributed by atoms with van der Waals surface area (Å²) in [4.78, 5) is 28.7. The van der Waals surface area contributed by atoms with E-state index in [1.165, 1.54) is 4.68 Å². The number of hydrogen-bond acceptors (Lipinski definition) is 5.